The molecule has 0 radical (unpaired) electrons. The third kappa shape index (κ3) is 5.57. The first-order valence-corrected chi connectivity index (χ1v) is 7.87. The van der Waals surface area contributed by atoms with Crippen LogP contribution >= 0.6 is 12.2 Å². The van der Waals surface area contributed by atoms with E-state index in [0.717, 1.165) is 24.2 Å². The van der Waals surface area contributed by atoms with E-state index >= 15 is 0 Å². The van der Waals surface area contributed by atoms with Crippen LogP contribution in [0.4, 0.5) is 5.69 Å². The fourth-order valence-electron chi connectivity index (χ4n) is 2.44. The van der Waals surface area contributed by atoms with Crippen molar-refractivity contribution in [1.29, 1.82) is 5.26 Å². The van der Waals surface area contributed by atoms with Crippen LogP contribution in [0.3, 0.4) is 0 Å². The third-order valence-electron chi connectivity index (χ3n) is 3.61. The van der Waals surface area contributed by atoms with Gasteiger partial charge in [-0.25, -0.2) is 0 Å². The number of thiocarbonyl (C=S) groups is 1. The quantitative estimate of drug-likeness (QED) is 0.639. The number of nitriles is 1. The normalized spacial score (nSPS) is 14.0. The Morgan fingerprint density at radius 1 is 1.24 bits per heavy atom. The molecule has 1 aromatic rings. The van der Waals surface area contributed by atoms with Gasteiger partial charge in [0.2, 0.25) is 0 Å². The summed E-state index contributed by atoms with van der Waals surface area (Å²) in [5.74, 6) is 0. The summed E-state index contributed by atoms with van der Waals surface area (Å²) in [5, 5.41) is 15.7. The highest BCUT2D eigenvalue weighted by Gasteiger charge is 2.04. The van der Waals surface area contributed by atoms with Gasteiger partial charge >= 0.3 is 0 Å². The van der Waals surface area contributed by atoms with Crippen LogP contribution in [0.2, 0.25) is 0 Å². The molecule has 0 saturated heterocycles. The van der Waals surface area contributed by atoms with E-state index in [1.807, 2.05) is 24.3 Å². The molecule has 0 aliphatic heterocycles. The summed E-state index contributed by atoms with van der Waals surface area (Å²) >= 11 is 5.29. The first-order valence-electron chi connectivity index (χ1n) is 7.46. The van der Waals surface area contributed by atoms with Crippen LogP contribution in [0, 0.1) is 11.3 Å². The third-order valence-corrected chi connectivity index (χ3v) is 3.86. The van der Waals surface area contributed by atoms with Crippen molar-refractivity contribution >= 4 is 23.0 Å². The van der Waals surface area contributed by atoms with Crippen LogP contribution in [0.5, 0.6) is 0 Å². The topological polar surface area (TPSA) is 47.9 Å². The van der Waals surface area contributed by atoms with Crippen LogP contribution in [-0.2, 0) is 6.42 Å². The van der Waals surface area contributed by atoms with Gasteiger partial charge in [-0.1, -0.05) is 23.8 Å². The van der Waals surface area contributed by atoms with Crippen LogP contribution in [0.25, 0.3) is 0 Å². The predicted octanol–water partition coefficient (Wildman–Crippen LogP) is 3.93. The second kappa shape index (κ2) is 8.43. The number of rotatable bonds is 5. The van der Waals surface area contributed by atoms with Gasteiger partial charge in [-0.3, -0.25) is 0 Å². The monoisotopic (exact) mass is 299 g/mol. The fourth-order valence-corrected chi connectivity index (χ4v) is 2.66. The molecular weight excluding hydrogens is 278 g/mol. The summed E-state index contributed by atoms with van der Waals surface area (Å²) in [6.45, 7) is 0.879. The highest BCUT2D eigenvalue weighted by molar-refractivity contribution is 7.80. The predicted molar refractivity (Wildman–Crippen MR) is 91.2 cm³/mol. The lowest BCUT2D eigenvalue weighted by Crippen LogP contribution is -2.29. The van der Waals surface area contributed by atoms with Crippen molar-refractivity contribution in [2.24, 2.45) is 0 Å². The van der Waals surface area contributed by atoms with Crippen LogP contribution in [0.1, 0.15) is 37.7 Å². The van der Waals surface area contributed by atoms with Crippen LogP contribution in [-0.4, -0.2) is 11.7 Å². The Hall–Kier alpha value is -1.86. The fraction of sp³-hybridized carbons (Fsp3) is 0.412. The van der Waals surface area contributed by atoms with E-state index in [1.165, 1.54) is 25.7 Å². The average Bonchev–Trinajstić information content (AvgIpc) is 2.51. The Morgan fingerprint density at radius 3 is 2.71 bits per heavy atom. The molecule has 1 aliphatic rings. The molecule has 2 N–H and O–H groups in total. The molecule has 1 aromatic carbocycles. The Balaban J connectivity index is 1.71. The van der Waals surface area contributed by atoms with Crippen molar-refractivity contribution in [2.45, 2.75) is 38.5 Å². The zero-order valence-corrected chi connectivity index (χ0v) is 13.0. The van der Waals surface area contributed by atoms with Crippen molar-refractivity contribution in [3.63, 3.8) is 0 Å². The number of anilines is 1. The van der Waals surface area contributed by atoms with Crippen molar-refractivity contribution in [1.82, 2.24) is 5.32 Å². The Labute approximate surface area is 132 Å². The molecule has 0 amide bonds. The summed E-state index contributed by atoms with van der Waals surface area (Å²) in [4.78, 5) is 0. The number of nitrogens with zero attached hydrogens (tertiary/aromatic N) is 1. The number of hydrogen-bond acceptors (Lipinski definition) is 2. The van der Waals surface area contributed by atoms with E-state index in [-0.39, 0.29) is 0 Å². The number of allylic oxidation sites excluding steroid dienone is 1. The minimum Gasteiger partial charge on any atom is -0.362 e. The van der Waals surface area contributed by atoms with Crippen molar-refractivity contribution in [3.8, 4) is 6.07 Å². The van der Waals surface area contributed by atoms with Gasteiger partial charge in [0, 0.05) is 12.2 Å². The van der Waals surface area contributed by atoms with E-state index in [1.54, 1.807) is 5.57 Å². The molecule has 4 heteroatoms. The largest absolute Gasteiger partial charge is 0.362 e. The summed E-state index contributed by atoms with van der Waals surface area (Å²) < 4.78 is 0. The molecule has 0 fully saturated rings. The highest BCUT2D eigenvalue weighted by Crippen LogP contribution is 2.19. The lowest BCUT2D eigenvalue weighted by Gasteiger charge is -2.14. The highest BCUT2D eigenvalue weighted by atomic mass is 32.1. The molecule has 0 aromatic heterocycles. The van der Waals surface area contributed by atoms with E-state index < -0.39 is 0 Å². The summed E-state index contributed by atoms with van der Waals surface area (Å²) in [7, 11) is 0. The maximum atomic E-state index is 8.64. The molecule has 3 nitrogen and oxygen atoms in total. The molecule has 0 heterocycles. The van der Waals surface area contributed by atoms with Gasteiger partial charge < -0.3 is 10.6 Å². The summed E-state index contributed by atoms with van der Waals surface area (Å²) in [5.41, 5.74) is 3.52. The minimum absolute atomic E-state index is 0.443. The molecule has 0 bridgehead atoms. The number of benzene rings is 1. The van der Waals surface area contributed by atoms with E-state index in [9.17, 15) is 0 Å². The second-order valence-corrected chi connectivity index (χ2v) is 5.68. The lowest BCUT2D eigenvalue weighted by atomic mass is 9.97. The Kier molecular flexibility index (Phi) is 6.23. The zero-order valence-electron chi connectivity index (χ0n) is 12.2. The van der Waals surface area contributed by atoms with Gasteiger partial charge in [-0.15, -0.1) is 0 Å². The Morgan fingerprint density at radius 2 is 2.05 bits per heavy atom. The minimum atomic E-state index is 0.443. The molecule has 0 spiro atoms. The van der Waals surface area contributed by atoms with Crippen molar-refractivity contribution in [2.75, 3.05) is 11.9 Å². The second-order valence-electron chi connectivity index (χ2n) is 5.27. The molecule has 110 valence electrons. The zero-order chi connectivity index (χ0) is 14.9. The molecule has 0 saturated carbocycles. The van der Waals surface area contributed by atoms with Crippen LogP contribution in [0.15, 0.2) is 35.9 Å². The number of hydrogen-bond donors (Lipinski definition) is 2. The molecule has 2 rings (SSSR count). The SMILES string of the molecule is N#CCc1ccc(NC(=S)NCCC2=CCCCC2)cc1. The standard InChI is InChI=1S/C17H21N3S/c18-12-10-15-6-8-16(9-7-15)20-17(21)19-13-11-14-4-2-1-3-5-14/h4,6-9H,1-3,5,10-11,13H2,(H2,19,20,21). The maximum absolute atomic E-state index is 8.64. The summed E-state index contributed by atoms with van der Waals surface area (Å²) in [6.07, 6.45) is 9.01. The van der Waals surface area contributed by atoms with Gasteiger partial charge in [0.15, 0.2) is 5.11 Å². The molecular formula is C17H21N3S. The average molecular weight is 299 g/mol. The summed E-state index contributed by atoms with van der Waals surface area (Å²) in [6, 6.07) is 9.93. The molecule has 1 aliphatic carbocycles. The molecule has 0 unspecified atom stereocenters. The maximum Gasteiger partial charge on any atom is 0.170 e. The van der Waals surface area contributed by atoms with Gasteiger partial charge in [0.1, 0.15) is 0 Å². The molecule has 21 heavy (non-hydrogen) atoms. The first kappa shape index (κ1) is 15.5. The van der Waals surface area contributed by atoms with Gasteiger partial charge in [-0.05, 0) is 62.0 Å². The number of nitrogens with one attached hydrogen (secondary N) is 2. The Bertz CT molecular complexity index is 540. The molecule has 0 atom stereocenters. The van der Waals surface area contributed by atoms with Crippen molar-refractivity contribution in [3.05, 3.63) is 41.5 Å². The van der Waals surface area contributed by atoms with Gasteiger partial charge in [0.25, 0.3) is 0 Å². The van der Waals surface area contributed by atoms with Gasteiger partial charge in [0.05, 0.1) is 12.5 Å². The van der Waals surface area contributed by atoms with E-state index in [0.29, 0.717) is 11.5 Å². The van der Waals surface area contributed by atoms with Gasteiger partial charge in [-0.2, -0.15) is 5.26 Å². The lowest BCUT2D eigenvalue weighted by molar-refractivity contribution is 0.669. The van der Waals surface area contributed by atoms with E-state index in [2.05, 4.69) is 22.8 Å². The van der Waals surface area contributed by atoms with Crippen molar-refractivity contribution < 1.29 is 0 Å². The van der Waals surface area contributed by atoms with Crippen LogP contribution < -0.4 is 10.6 Å². The van der Waals surface area contributed by atoms with E-state index in [4.69, 9.17) is 17.5 Å². The first-order chi connectivity index (χ1) is 10.3. The smallest absolute Gasteiger partial charge is 0.170 e.